The molecular weight excluding hydrogens is 252 g/mol. The average Bonchev–Trinajstić information content (AvgIpc) is 2.39. The normalized spacial score (nSPS) is 20.6. The molecule has 110 valence electrons. The van der Waals surface area contributed by atoms with Crippen molar-refractivity contribution < 1.29 is 24.2 Å². The topological polar surface area (TPSA) is 88.1 Å². The fourth-order valence-electron chi connectivity index (χ4n) is 2.01. The summed E-state index contributed by atoms with van der Waals surface area (Å²) in [5.41, 5.74) is 0. The maximum Gasteiger partial charge on any atom is 0.334 e. The van der Waals surface area contributed by atoms with Gasteiger partial charge in [-0.3, -0.25) is 0 Å². The molecule has 0 radical (unpaired) electrons. The van der Waals surface area contributed by atoms with Gasteiger partial charge in [0, 0.05) is 33.2 Å². The first-order chi connectivity index (χ1) is 9.04. The lowest BCUT2D eigenvalue weighted by atomic mass is 10.0. The second-order valence-electron chi connectivity index (χ2n) is 4.71. The number of aliphatic carboxylic acids is 1. The van der Waals surface area contributed by atoms with Crippen LogP contribution >= 0.6 is 0 Å². The molecule has 2 atom stereocenters. The Balaban J connectivity index is 2.29. The Morgan fingerprint density at radius 3 is 2.84 bits per heavy atom. The molecule has 1 aliphatic heterocycles. The summed E-state index contributed by atoms with van der Waals surface area (Å²) in [4.78, 5) is 24.1. The number of carboxylic acid groups (broad SMARTS) is 1. The van der Waals surface area contributed by atoms with E-state index in [1.54, 1.807) is 11.9 Å². The van der Waals surface area contributed by atoms with Crippen LogP contribution in [0.1, 0.15) is 12.8 Å². The summed E-state index contributed by atoms with van der Waals surface area (Å²) in [6.07, 6.45) is 1.05. The Bertz CT molecular complexity index is 304. The summed E-state index contributed by atoms with van der Waals surface area (Å²) < 4.78 is 10.1. The van der Waals surface area contributed by atoms with Crippen molar-refractivity contribution in [3.63, 3.8) is 0 Å². The molecule has 2 unspecified atom stereocenters. The third kappa shape index (κ3) is 5.44. The number of urea groups is 1. The highest BCUT2D eigenvalue weighted by Gasteiger charge is 2.21. The van der Waals surface area contributed by atoms with E-state index in [1.165, 1.54) is 7.11 Å². The van der Waals surface area contributed by atoms with Crippen molar-refractivity contribution in [1.29, 1.82) is 0 Å². The van der Waals surface area contributed by atoms with Crippen molar-refractivity contribution >= 4 is 12.0 Å². The van der Waals surface area contributed by atoms with E-state index in [0.717, 1.165) is 19.4 Å². The SMILES string of the molecule is COC(CNC(=O)N(C)CC1CCCOC1)C(=O)O. The summed E-state index contributed by atoms with van der Waals surface area (Å²) in [7, 11) is 2.99. The molecule has 7 nitrogen and oxygen atoms in total. The van der Waals surface area contributed by atoms with Crippen LogP contribution in [0.3, 0.4) is 0 Å². The van der Waals surface area contributed by atoms with Gasteiger partial charge in [-0.25, -0.2) is 9.59 Å². The standard InChI is InChI=1S/C12H22N2O5/c1-14(7-9-4-3-5-19-8-9)12(17)13-6-10(18-2)11(15)16/h9-10H,3-8H2,1-2H3,(H,13,17)(H,15,16). The zero-order chi connectivity index (χ0) is 14.3. The number of carbonyl (C=O) groups is 2. The number of hydrogen-bond donors (Lipinski definition) is 2. The fourth-order valence-corrected chi connectivity index (χ4v) is 2.01. The van der Waals surface area contributed by atoms with Gasteiger partial charge in [-0.1, -0.05) is 0 Å². The summed E-state index contributed by atoms with van der Waals surface area (Å²) >= 11 is 0. The van der Waals surface area contributed by atoms with Crippen molar-refractivity contribution in [2.45, 2.75) is 18.9 Å². The number of carbonyl (C=O) groups excluding carboxylic acids is 1. The van der Waals surface area contributed by atoms with E-state index in [4.69, 9.17) is 14.6 Å². The molecule has 19 heavy (non-hydrogen) atoms. The van der Waals surface area contributed by atoms with Gasteiger partial charge in [0.15, 0.2) is 6.10 Å². The predicted molar refractivity (Wildman–Crippen MR) is 68.0 cm³/mol. The highest BCUT2D eigenvalue weighted by Crippen LogP contribution is 2.14. The van der Waals surface area contributed by atoms with Crippen LogP contribution in [0.4, 0.5) is 4.79 Å². The van der Waals surface area contributed by atoms with Gasteiger partial charge in [-0.2, -0.15) is 0 Å². The quantitative estimate of drug-likeness (QED) is 0.720. The van der Waals surface area contributed by atoms with E-state index in [1.807, 2.05) is 0 Å². The molecule has 0 aromatic heterocycles. The van der Waals surface area contributed by atoms with Crippen molar-refractivity contribution in [1.82, 2.24) is 10.2 Å². The summed E-state index contributed by atoms with van der Waals surface area (Å²) in [6.45, 7) is 2.03. The molecule has 0 aromatic carbocycles. The van der Waals surface area contributed by atoms with Crippen LogP contribution in [0, 0.1) is 5.92 Å². The van der Waals surface area contributed by atoms with Crippen LogP contribution in [-0.2, 0) is 14.3 Å². The second-order valence-corrected chi connectivity index (χ2v) is 4.71. The van der Waals surface area contributed by atoms with Gasteiger partial charge in [0.2, 0.25) is 0 Å². The minimum absolute atomic E-state index is 0.0455. The first-order valence-corrected chi connectivity index (χ1v) is 6.37. The maximum absolute atomic E-state index is 11.8. The minimum Gasteiger partial charge on any atom is -0.479 e. The molecule has 1 heterocycles. The number of hydrogen-bond acceptors (Lipinski definition) is 4. The highest BCUT2D eigenvalue weighted by molar-refractivity contribution is 5.76. The van der Waals surface area contributed by atoms with Crippen LogP contribution in [0.25, 0.3) is 0 Å². The van der Waals surface area contributed by atoms with Crippen molar-refractivity contribution in [3.8, 4) is 0 Å². The van der Waals surface area contributed by atoms with Crippen LogP contribution in [0.5, 0.6) is 0 Å². The predicted octanol–water partition coefficient (Wildman–Crippen LogP) is 0.154. The summed E-state index contributed by atoms with van der Waals surface area (Å²) in [5, 5.41) is 11.3. The number of methoxy groups -OCH3 is 1. The van der Waals surface area contributed by atoms with E-state index in [9.17, 15) is 9.59 Å². The molecule has 0 bridgehead atoms. The van der Waals surface area contributed by atoms with Crippen LogP contribution in [0.15, 0.2) is 0 Å². The van der Waals surface area contributed by atoms with Gasteiger partial charge in [0.1, 0.15) is 0 Å². The second kappa shape index (κ2) is 7.96. The van der Waals surface area contributed by atoms with E-state index >= 15 is 0 Å². The van der Waals surface area contributed by atoms with Gasteiger partial charge in [-0.05, 0) is 12.8 Å². The lowest BCUT2D eigenvalue weighted by molar-refractivity contribution is -0.148. The third-order valence-electron chi connectivity index (χ3n) is 3.13. The van der Waals surface area contributed by atoms with Gasteiger partial charge in [0.05, 0.1) is 13.2 Å². The zero-order valence-electron chi connectivity index (χ0n) is 11.4. The van der Waals surface area contributed by atoms with Crippen LogP contribution in [0.2, 0.25) is 0 Å². The molecule has 1 rings (SSSR count). The Kier molecular flexibility index (Phi) is 6.58. The molecule has 1 saturated heterocycles. The molecule has 0 aromatic rings. The molecule has 1 fully saturated rings. The molecule has 0 saturated carbocycles. The Labute approximate surface area is 112 Å². The minimum atomic E-state index is -1.09. The molecular formula is C12H22N2O5. The van der Waals surface area contributed by atoms with Gasteiger partial charge < -0.3 is 24.8 Å². The van der Waals surface area contributed by atoms with Crippen molar-refractivity contribution in [3.05, 3.63) is 0 Å². The lowest BCUT2D eigenvalue weighted by Crippen LogP contribution is -2.45. The van der Waals surface area contributed by atoms with Crippen LogP contribution < -0.4 is 5.32 Å². The molecule has 2 N–H and O–H groups in total. The van der Waals surface area contributed by atoms with Crippen molar-refractivity contribution in [2.75, 3.05) is 40.5 Å². The molecule has 2 amide bonds. The number of nitrogens with zero attached hydrogens (tertiary/aromatic N) is 1. The van der Waals surface area contributed by atoms with Gasteiger partial charge in [-0.15, -0.1) is 0 Å². The number of carboxylic acids is 1. The number of nitrogens with one attached hydrogen (secondary N) is 1. The Morgan fingerprint density at radius 2 is 2.32 bits per heavy atom. The van der Waals surface area contributed by atoms with Crippen molar-refractivity contribution in [2.24, 2.45) is 5.92 Å². The summed E-state index contributed by atoms with van der Waals surface area (Å²) in [6, 6.07) is -0.297. The van der Waals surface area contributed by atoms with E-state index < -0.39 is 12.1 Å². The fraction of sp³-hybridized carbons (Fsp3) is 0.833. The molecule has 1 aliphatic rings. The summed E-state index contributed by atoms with van der Waals surface area (Å²) in [5.74, 6) is -0.742. The van der Waals surface area contributed by atoms with Gasteiger partial charge >= 0.3 is 12.0 Å². The highest BCUT2D eigenvalue weighted by atomic mass is 16.5. The number of rotatable bonds is 6. The molecule has 0 aliphatic carbocycles. The van der Waals surface area contributed by atoms with E-state index in [2.05, 4.69) is 5.32 Å². The monoisotopic (exact) mass is 274 g/mol. The number of ether oxygens (including phenoxy) is 2. The lowest BCUT2D eigenvalue weighted by Gasteiger charge is -2.27. The van der Waals surface area contributed by atoms with E-state index in [0.29, 0.717) is 19.1 Å². The van der Waals surface area contributed by atoms with E-state index in [-0.39, 0.29) is 12.6 Å². The average molecular weight is 274 g/mol. The molecule has 7 heteroatoms. The first-order valence-electron chi connectivity index (χ1n) is 6.37. The number of amides is 2. The Hall–Kier alpha value is -1.34. The Morgan fingerprint density at radius 1 is 1.58 bits per heavy atom. The van der Waals surface area contributed by atoms with Gasteiger partial charge in [0.25, 0.3) is 0 Å². The van der Waals surface area contributed by atoms with Crippen LogP contribution in [-0.4, -0.2) is 68.6 Å². The first kappa shape index (κ1) is 15.7. The maximum atomic E-state index is 11.8. The zero-order valence-corrected chi connectivity index (χ0v) is 11.4. The molecule has 0 spiro atoms. The smallest absolute Gasteiger partial charge is 0.334 e. The third-order valence-corrected chi connectivity index (χ3v) is 3.13. The largest absolute Gasteiger partial charge is 0.479 e.